The van der Waals surface area contributed by atoms with E-state index in [0.29, 0.717) is 36.9 Å². The largest absolute Gasteiger partial charge is 0.377 e. The van der Waals surface area contributed by atoms with Crippen LogP contribution in [-0.2, 0) is 14.2 Å². The topological polar surface area (TPSA) is 88.6 Å². The molecule has 37 heavy (non-hydrogen) atoms. The number of anilines is 2. The third-order valence-electron chi connectivity index (χ3n) is 6.24. The Kier molecular flexibility index (Phi) is 9.49. The molecule has 2 amide bonds. The molecule has 2 fully saturated rings. The van der Waals surface area contributed by atoms with Crippen LogP contribution < -0.4 is 15.5 Å². The van der Waals surface area contributed by atoms with Gasteiger partial charge in [-0.1, -0.05) is 0 Å². The number of carbonyl (C=O) groups excluding carboxylic acids is 1. The number of rotatable bonds is 12. The average molecular weight is 540 g/mol. The molecule has 1 atom stereocenters. The van der Waals surface area contributed by atoms with E-state index in [2.05, 4.69) is 27.2 Å². The quantitative estimate of drug-likeness (QED) is 0.374. The number of aromatic nitrogens is 2. The number of hydrogen-bond acceptors (Lipinski definition) is 7. The van der Waals surface area contributed by atoms with Gasteiger partial charge in [-0.3, -0.25) is 0 Å². The SMILES string of the molecule is C[C@H]1COCCN1c1cc(C2(SCCCOC(F)F)CC2)nc(-c2ccc(NC(=O)NCCF)cc2)n1. The fourth-order valence-corrected chi connectivity index (χ4v) is 5.43. The molecule has 0 bridgehead atoms. The Hall–Kier alpha value is -2.57. The summed E-state index contributed by atoms with van der Waals surface area (Å²) >= 11 is 1.73. The Labute approximate surface area is 218 Å². The predicted octanol–water partition coefficient (Wildman–Crippen LogP) is 4.81. The van der Waals surface area contributed by atoms with Crippen LogP contribution in [0.5, 0.6) is 0 Å². The van der Waals surface area contributed by atoms with E-state index in [9.17, 15) is 18.0 Å². The van der Waals surface area contributed by atoms with Crippen LogP contribution in [0, 0.1) is 0 Å². The highest BCUT2D eigenvalue weighted by molar-refractivity contribution is 8.00. The van der Waals surface area contributed by atoms with E-state index < -0.39 is 19.3 Å². The average Bonchev–Trinajstić information content (AvgIpc) is 3.68. The molecular weight excluding hydrogens is 507 g/mol. The molecule has 12 heteroatoms. The van der Waals surface area contributed by atoms with Gasteiger partial charge in [-0.2, -0.15) is 8.78 Å². The minimum absolute atomic E-state index is 0.0263. The van der Waals surface area contributed by atoms with Gasteiger partial charge in [0.15, 0.2) is 5.82 Å². The number of hydrogen-bond donors (Lipinski definition) is 2. The first-order valence-electron chi connectivity index (χ1n) is 12.4. The fourth-order valence-electron chi connectivity index (χ4n) is 4.14. The first kappa shape index (κ1) is 27.5. The second kappa shape index (κ2) is 12.8. The summed E-state index contributed by atoms with van der Waals surface area (Å²) in [6, 6.07) is 8.92. The van der Waals surface area contributed by atoms with Gasteiger partial charge in [0.25, 0.3) is 0 Å². The zero-order valence-electron chi connectivity index (χ0n) is 20.7. The number of benzene rings is 1. The molecule has 4 rings (SSSR count). The van der Waals surface area contributed by atoms with E-state index in [4.69, 9.17) is 14.7 Å². The van der Waals surface area contributed by atoms with E-state index in [1.54, 1.807) is 23.9 Å². The summed E-state index contributed by atoms with van der Waals surface area (Å²) in [5.41, 5.74) is 2.29. The van der Waals surface area contributed by atoms with Crippen molar-refractivity contribution in [1.29, 1.82) is 0 Å². The van der Waals surface area contributed by atoms with Crippen molar-refractivity contribution in [3.05, 3.63) is 36.0 Å². The predicted molar refractivity (Wildman–Crippen MR) is 138 cm³/mol. The molecule has 2 heterocycles. The van der Waals surface area contributed by atoms with Crippen molar-refractivity contribution in [3.63, 3.8) is 0 Å². The fraction of sp³-hybridized carbons (Fsp3) is 0.560. The lowest BCUT2D eigenvalue weighted by Crippen LogP contribution is -2.44. The Morgan fingerprint density at radius 3 is 2.76 bits per heavy atom. The summed E-state index contributed by atoms with van der Waals surface area (Å²) in [6.45, 7) is 0.655. The summed E-state index contributed by atoms with van der Waals surface area (Å²) in [7, 11) is 0. The lowest BCUT2D eigenvalue weighted by molar-refractivity contribution is -0.128. The van der Waals surface area contributed by atoms with Crippen LogP contribution in [0.1, 0.15) is 31.9 Å². The normalized spacial score (nSPS) is 18.6. The molecule has 0 unspecified atom stereocenters. The first-order valence-corrected chi connectivity index (χ1v) is 13.4. The highest BCUT2D eigenvalue weighted by Crippen LogP contribution is 2.57. The maximum atomic E-state index is 12.3. The van der Waals surface area contributed by atoms with E-state index in [-0.39, 0.29) is 23.9 Å². The minimum Gasteiger partial charge on any atom is -0.377 e. The van der Waals surface area contributed by atoms with Crippen molar-refractivity contribution in [2.75, 3.05) is 55.6 Å². The van der Waals surface area contributed by atoms with Gasteiger partial charge < -0.3 is 25.0 Å². The second-order valence-corrected chi connectivity index (χ2v) is 10.5. The van der Waals surface area contributed by atoms with Crippen molar-refractivity contribution in [2.45, 2.75) is 43.6 Å². The van der Waals surface area contributed by atoms with E-state index in [0.717, 1.165) is 36.5 Å². The summed E-state index contributed by atoms with van der Waals surface area (Å²) in [4.78, 5) is 23.9. The van der Waals surface area contributed by atoms with E-state index in [1.807, 2.05) is 18.2 Å². The van der Waals surface area contributed by atoms with Gasteiger partial charge in [-0.15, -0.1) is 11.8 Å². The Balaban J connectivity index is 1.55. The van der Waals surface area contributed by atoms with Gasteiger partial charge >= 0.3 is 12.6 Å². The van der Waals surface area contributed by atoms with Gasteiger partial charge in [-0.05, 0) is 56.2 Å². The van der Waals surface area contributed by atoms with Crippen molar-refractivity contribution >= 4 is 29.3 Å². The summed E-state index contributed by atoms with van der Waals surface area (Å²) in [6.07, 6.45) is 2.45. The number of nitrogens with zero attached hydrogens (tertiary/aromatic N) is 3. The minimum atomic E-state index is -2.74. The van der Waals surface area contributed by atoms with E-state index in [1.165, 1.54) is 0 Å². The molecule has 0 spiro atoms. The molecule has 2 aromatic rings. The molecule has 0 radical (unpaired) electrons. The lowest BCUT2D eigenvalue weighted by atomic mass is 10.1. The van der Waals surface area contributed by atoms with Gasteiger partial charge in [-0.25, -0.2) is 19.2 Å². The number of thioether (sulfide) groups is 1. The maximum absolute atomic E-state index is 12.3. The lowest BCUT2D eigenvalue weighted by Gasteiger charge is -2.34. The number of ether oxygens (including phenoxy) is 2. The number of nitrogens with one attached hydrogen (secondary N) is 2. The monoisotopic (exact) mass is 539 g/mol. The third kappa shape index (κ3) is 7.48. The van der Waals surface area contributed by atoms with Crippen LogP contribution in [0.25, 0.3) is 11.4 Å². The van der Waals surface area contributed by atoms with Gasteiger partial charge in [0, 0.05) is 30.4 Å². The van der Waals surface area contributed by atoms with Crippen molar-refractivity contribution in [1.82, 2.24) is 15.3 Å². The van der Waals surface area contributed by atoms with Crippen molar-refractivity contribution in [3.8, 4) is 11.4 Å². The van der Waals surface area contributed by atoms with Crippen LogP contribution >= 0.6 is 11.8 Å². The molecule has 1 aliphatic carbocycles. The third-order valence-corrected chi connectivity index (χ3v) is 7.90. The van der Waals surface area contributed by atoms with Crippen LogP contribution in [-0.4, -0.2) is 74.0 Å². The van der Waals surface area contributed by atoms with Gasteiger partial charge in [0.1, 0.15) is 12.5 Å². The molecule has 1 saturated heterocycles. The molecule has 1 aromatic carbocycles. The summed E-state index contributed by atoms with van der Waals surface area (Å²) < 4.78 is 46.6. The zero-order valence-corrected chi connectivity index (χ0v) is 21.5. The molecule has 1 saturated carbocycles. The number of carbonyl (C=O) groups is 1. The van der Waals surface area contributed by atoms with Crippen LogP contribution in [0.4, 0.5) is 29.5 Å². The van der Waals surface area contributed by atoms with Crippen molar-refractivity contribution in [2.24, 2.45) is 0 Å². The second-order valence-electron chi connectivity index (χ2n) is 9.03. The Morgan fingerprint density at radius 2 is 2.08 bits per heavy atom. The maximum Gasteiger partial charge on any atom is 0.345 e. The summed E-state index contributed by atoms with van der Waals surface area (Å²) in [5.74, 6) is 2.10. The smallest absolute Gasteiger partial charge is 0.345 e. The zero-order chi connectivity index (χ0) is 26.3. The highest BCUT2D eigenvalue weighted by Gasteiger charge is 2.46. The highest BCUT2D eigenvalue weighted by atomic mass is 32.2. The molecule has 2 N–H and O–H groups in total. The van der Waals surface area contributed by atoms with E-state index >= 15 is 0 Å². The molecule has 202 valence electrons. The van der Waals surface area contributed by atoms with Crippen LogP contribution in [0.15, 0.2) is 30.3 Å². The molecule has 8 nitrogen and oxygen atoms in total. The summed E-state index contributed by atoms with van der Waals surface area (Å²) in [5, 5.41) is 5.09. The van der Waals surface area contributed by atoms with Gasteiger partial charge in [0.05, 0.1) is 36.3 Å². The standard InChI is InChI=1S/C25H32F3N5O3S/c1-17-16-35-13-11-33(17)21-15-20(25(7-8-25)37-14-2-12-36-23(27)28)31-22(32-21)18-3-5-19(6-4-18)30-24(34)29-10-9-26/h3-6,15,17,23H,2,7-14,16H2,1H3,(H2,29,30,34)/t17-/m0/s1. The molecule has 2 aliphatic rings. The Morgan fingerprint density at radius 1 is 1.30 bits per heavy atom. The number of urea groups is 1. The van der Waals surface area contributed by atoms with Crippen LogP contribution in [0.2, 0.25) is 0 Å². The number of amides is 2. The number of alkyl halides is 3. The number of morpholine rings is 1. The molecule has 1 aromatic heterocycles. The molecule has 1 aliphatic heterocycles. The molecular formula is C25H32F3N5O3S. The van der Waals surface area contributed by atoms with Crippen molar-refractivity contribution < 1.29 is 27.4 Å². The Bertz CT molecular complexity index is 1040. The number of halogens is 3. The van der Waals surface area contributed by atoms with Gasteiger partial charge in [0.2, 0.25) is 0 Å². The first-order chi connectivity index (χ1) is 17.9. The van der Waals surface area contributed by atoms with Crippen LogP contribution in [0.3, 0.4) is 0 Å².